The van der Waals surface area contributed by atoms with Gasteiger partial charge in [-0.05, 0) is 23.8 Å². The highest BCUT2D eigenvalue weighted by Crippen LogP contribution is 2.18. The van der Waals surface area contributed by atoms with E-state index in [0.29, 0.717) is 29.9 Å². The van der Waals surface area contributed by atoms with E-state index in [-0.39, 0.29) is 11.8 Å². The minimum atomic E-state index is 0.0711. The van der Waals surface area contributed by atoms with Crippen LogP contribution in [0.4, 0.5) is 5.82 Å². The Hall–Kier alpha value is -2.36. The Morgan fingerprint density at radius 1 is 1.43 bits per heavy atom. The summed E-state index contributed by atoms with van der Waals surface area (Å²) < 4.78 is 11.1. The van der Waals surface area contributed by atoms with E-state index in [2.05, 4.69) is 15.3 Å². The SMILES string of the molecule is N#Cc1nc(NCc2ccnc(OC3CCOC3)c2)ccc1Cl. The van der Waals surface area contributed by atoms with Gasteiger partial charge in [0, 0.05) is 25.2 Å². The molecule has 23 heavy (non-hydrogen) atoms. The van der Waals surface area contributed by atoms with Gasteiger partial charge in [0.2, 0.25) is 5.88 Å². The molecule has 118 valence electrons. The molecule has 1 atom stereocenters. The lowest BCUT2D eigenvalue weighted by Crippen LogP contribution is -2.16. The standard InChI is InChI=1S/C16H15ClN4O2/c17-13-1-2-15(21-14(13)8-18)20-9-11-3-5-19-16(7-11)23-12-4-6-22-10-12/h1-3,5,7,12H,4,6,9-10H2,(H,20,21). The molecule has 1 fully saturated rings. The first kappa shape index (κ1) is 15.5. The van der Waals surface area contributed by atoms with Crippen LogP contribution in [0, 0.1) is 11.3 Å². The lowest BCUT2D eigenvalue weighted by molar-refractivity contribution is 0.138. The van der Waals surface area contributed by atoms with Crippen molar-refractivity contribution in [1.29, 1.82) is 5.26 Å². The first-order valence-electron chi connectivity index (χ1n) is 7.24. The summed E-state index contributed by atoms with van der Waals surface area (Å²) in [6, 6.07) is 9.12. The summed E-state index contributed by atoms with van der Waals surface area (Å²) in [6.45, 7) is 1.88. The second-order valence-corrected chi connectivity index (χ2v) is 5.51. The molecular weight excluding hydrogens is 316 g/mol. The molecule has 2 aromatic heterocycles. The van der Waals surface area contributed by atoms with Crippen LogP contribution in [-0.4, -0.2) is 29.3 Å². The largest absolute Gasteiger partial charge is 0.472 e. The fraction of sp³-hybridized carbons (Fsp3) is 0.312. The summed E-state index contributed by atoms with van der Waals surface area (Å²) in [4.78, 5) is 8.36. The molecule has 6 nitrogen and oxygen atoms in total. The summed E-state index contributed by atoms with van der Waals surface area (Å²) in [6.07, 6.45) is 2.66. The van der Waals surface area contributed by atoms with E-state index in [9.17, 15) is 0 Å². The Balaban J connectivity index is 1.63. The number of rotatable bonds is 5. The van der Waals surface area contributed by atoms with Crippen LogP contribution in [0.2, 0.25) is 5.02 Å². The van der Waals surface area contributed by atoms with Crippen LogP contribution >= 0.6 is 11.6 Å². The van der Waals surface area contributed by atoms with Crippen molar-refractivity contribution in [3.05, 3.63) is 46.7 Å². The zero-order valence-corrected chi connectivity index (χ0v) is 13.1. The maximum absolute atomic E-state index is 8.94. The molecule has 3 heterocycles. The Kier molecular flexibility index (Phi) is 4.91. The molecule has 1 aliphatic heterocycles. The monoisotopic (exact) mass is 330 g/mol. The number of anilines is 1. The van der Waals surface area contributed by atoms with Crippen molar-refractivity contribution in [3.63, 3.8) is 0 Å². The summed E-state index contributed by atoms with van der Waals surface area (Å²) in [5.74, 6) is 1.18. The number of pyridine rings is 2. The highest BCUT2D eigenvalue weighted by Gasteiger charge is 2.17. The maximum atomic E-state index is 8.94. The Morgan fingerprint density at radius 2 is 2.35 bits per heavy atom. The van der Waals surface area contributed by atoms with Crippen molar-refractivity contribution in [2.24, 2.45) is 0 Å². The van der Waals surface area contributed by atoms with E-state index in [4.69, 9.17) is 26.3 Å². The quantitative estimate of drug-likeness (QED) is 0.908. The minimum absolute atomic E-state index is 0.0711. The van der Waals surface area contributed by atoms with Crippen molar-refractivity contribution in [2.45, 2.75) is 19.1 Å². The summed E-state index contributed by atoms with van der Waals surface area (Å²) in [5, 5.41) is 12.4. The van der Waals surface area contributed by atoms with Crippen molar-refractivity contribution in [2.75, 3.05) is 18.5 Å². The topological polar surface area (TPSA) is 80.1 Å². The maximum Gasteiger partial charge on any atom is 0.213 e. The average molecular weight is 331 g/mol. The minimum Gasteiger partial charge on any atom is -0.472 e. The third kappa shape index (κ3) is 4.09. The molecule has 0 aromatic carbocycles. The fourth-order valence-corrected chi connectivity index (χ4v) is 2.36. The van der Waals surface area contributed by atoms with Gasteiger partial charge in [-0.3, -0.25) is 0 Å². The van der Waals surface area contributed by atoms with E-state index in [1.54, 1.807) is 18.3 Å². The number of nitriles is 1. The molecule has 0 bridgehead atoms. The number of hydrogen-bond donors (Lipinski definition) is 1. The van der Waals surface area contributed by atoms with E-state index in [0.717, 1.165) is 18.6 Å². The molecule has 1 saturated heterocycles. The van der Waals surface area contributed by atoms with Crippen molar-refractivity contribution in [3.8, 4) is 11.9 Å². The van der Waals surface area contributed by atoms with Crippen molar-refractivity contribution < 1.29 is 9.47 Å². The Bertz CT molecular complexity index is 726. The second-order valence-electron chi connectivity index (χ2n) is 5.10. The molecule has 0 saturated carbocycles. The van der Waals surface area contributed by atoms with Crippen LogP contribution < -0.4 is 10.1 Å². The van der Waals surface area contributed by atoms with Crippen LogP contribution in [0.3, 0.4) is 0 Å². The molecule has 0 spiro atoms. The van der Waals surface area contributed by atoms with Gasteiger partial charge < -0.3 is 14.8 Å². The molecular formula is C16H15ClN4O2. The van der Waals surface area contributed by atoms with Crippen LogP contribution in [-0.2, 0) is 11.3 Å². The van der Waals surface area contributed by atoms with E-state index in [1.165, 1.54) is 0 Å². The Labute approximate surface area is 139 Å². The molecule has 1 unspecified atom stereocenters. The smallest absolute Gasteiger partial charge is 0.213 e. The van der Waals surface area contributed by atoms with Crippen LogP contribution in [0.1, 0.15) is 17.7 Å². The van der Waals surface area contributed by atoms with Crippen molar-refractivity contribution >= 4 is 17.4 Å². The molecule has 7 heteroatoms. The van der Waals surface area contributed by atoms with E-state index >= 15 is 0 Å². The molecule has 0 amide bonds. The van der Waals surface area contributed by atoms with Gasteiger partial charge in [0.05, 0.1) is 18.2 Å². The zero-order valence-electron chi connectivity index (χ0n) is 12.3. The summed E-state index contributed by atoms with van der Waals surface area (Å²) >= 11 is 5.87. The van der Waals surface area contributed by atoms with Gasteiger partial charge in [-0.2, -0.15) is 5.26 Å². The number of halogens is 1. The highest BCUT2D eigenvalue weighted by molar-refractivity contribution is 6.31. The predicted octanol–water partition coefficient (Wildman–Crippen LogP) is 2.78. The third-order valence-corrected chi connectivity index (χ3v) is 3.71. The number of aromatic nitrogens is 2. The lowest BCUT2D eigenvalue weighted by Gasteiger charge is -2.12. The van der Waals surface area contributed by atoms with Gasteiger partial charge in [-0.25, -0.2) is 9.97 Å². The molecule has 2 aromatic rings. The predicted molar refractivity (Wildman–Crippen MR) is 85.4 cm³/mol. The number of nitrogens with zero attached hydrogens (tertiary/aromatic N) is 3. The molecule has 0 radical (unpaired) electrons. The van der Waals surface area contributed by atoms with Gasteiger partial charge in [-0.1, -0.05) is 11.6 Å². The average Bonchev–Trinajstić information content (AvgIpc) is 3.07. The zero-order chi connectivity index (χ0) is 16.1. The van der Waals surface area contributed by atoms with Crippen LogP contribution in [0.15, 0.2) is 30.5 Å². The third-order valence-electron chi connectivity index (χ3n) is 3.40. The fourth-order valence-electron chi connectivity index (χ4n) is 2.21. The summed E-state index contributed by atoms with van der Waals surface area (Å²) in [7, 11) is 0. The van der Waals surface area contributed by atoms with Gasteiger partial charge in [0.15, 0.2) is 5.69 Å². The molecule has 1 aliphatic rings. The van der Waals surface area contributed by atoms with Crippen LogP contribution in [0.5, 0.6) is 5.88 Å². The van der Waals surface area contributed by atoms with Gasteiger partial charge >= 0.3 is 0 Å². The number of nitrogens with one attached hydrogen (secondary N) is 1. The number of hydrogen-bond acceptors (Lipinski definition) is 6. The highest BCUT2D eigenvalue weighted by atomic mass is 35.5. The molecule has 3 rings (SSSR count). The Morgan fingerprint density at radius 3 is 3.13 bits per heavy atom. The molecule has 0 aliphatic carbocycles. The van der Waals surface area contributed by atoms with Crippen LogP contribution in [0.25, 0.3) is 0 Å². The van der Waals surface area contributed by atoms with Crippen molar-refractivity contribution in [1.82, 2.24) is 9.97 Å². The van der Waals surface area contributed by atoms with Gasteiger partial charge in [0.25, 0.3) is 0 Å². The molecule has 1 N–H and O–H groups in total. The van der Waals surface area contributed by atoms with Gasteiger partial charge in [0.1, 0.15) is 18.0 Å². The first-order valence-corrected chi connectivity index (χ1v) is 7.62. The normalized spacial score (nSPS) is 16.8. The van der Waals surface area contributed by atoms with E-state index < -0.39 is 0 Å². The van der Waals surface area contributed by atoms with Gasteiger partial charge in [-0.15, -0.1) is 0 Å². The summed E-state index contributed by atoms with van der Waals surface area (Å²) in [5.41, 5.74) is 1.21. The van der Waals surface area contributed by atoms with E-state index in [1.807, 2.05) is 18.2 Å². The first-order chi connectivity index (χ1) is 11.2. The second kappa shape index (κ2) is 7.27. The number of ether oxygens (including phenoxy) is 2. The lowest BCUT2D eigenvalue weighted by atomic mass is 10.2.